The summed E-state index contributed by atoms with van der Waals surface area (Å²) in [7, 11) is 0. The number of nitrogens with zero attached hydrogens (tertiary/aromatic N) is 4. The number of nitrogens with one attached hydrogen (secondary N) is 1. The predicted molar refractivity (Wildman–Crippen MR) is 103 cm³/mol. The molecule has 1 saturated heterocycles. The molecule has 1 fully saturated rings. The Morgan fingerprint density at radius 1 is 1.04 bits per heavy atom. The van der Waals surface area contributed by atoms with Crippen LogP contribution in [0.25, 0.3) is 10.9 Å². The van der Waals surface area contributed by atoms with Crippen LogP contribution in [0.4, 0.5) is 0 Å². The molecule has 1 atom stereocenters. The Bertz CT molecular complexity index is 1110. The summed E-state index contributed by atoms with van der Waals surface area (Å²) in [4.78, 5) is 42.9. The quantitative estimate of drug-likeness (QED) is 0.726. The molecule has 1 aliphatic heterocycles. The summed E-state index contributed by atoms with van der Waals surface area (Å²) in [5.41, 5.74) is 0.958. The summed E-state index contributed by atoms with van der Waals surface area (Å²) < 4.78 is 0. The zero-order valence-electron chi connectivity index (χ0n) is 15.3. The molecule has 1 unspecified atom stereocenters. The summed E-state index contributed by atoms with van der Waals surface area (Å²) in [6.07, 6.45) is 0. The van der Waals surface area contributed by atoms with Crippen molar-refractivity contribution < 1.29 is 9.59 Å². The summed E-state index contributed by atoms with van der Waals surface area (Å²) >= 11 is 0. The maximum atomic E-state index is 12.9. The fraction of sp³-hybridized carbons (Fsp3) is 0.250. The van der Waals surface area contributed by atoms with E-state index in [4.69, 9.17) is 0 Å². The largest absolute Gasteiger partial charge is 0.334 e. The third kappa shape index (κ3) is 3.36. The van der Waals surface area contributed by atoms with Crippen LogP contribution >= 0.6 is 0 Å². The number of H-pyrrole nitrogens is 1. The lowest BCUT2D eigenvalue weighted by Crippen LogP contribution is -2.55. The minimum absolute atomic E-state index is 0.186. The molecule has 2 amide bonds. The van der Waals surface area contributed by atoms with E-state index >= 15 is 0 Å². The van der Waals surface area contributed by atoms with Gasteiger partial charge in [-0.15, -0.1) is 10.2 Å². The zero-order valence-corrected chi connectivity index (χ0v) is 15.3. The second-order valence-corrected chi connectivity index (χ2v) is 6.82. The van der Waals surface area contributed by atoms with Crippen molar-refractivity contribution in [2.75, 3.05) is 19.6 Å². The molecule has 1 N–H and O–H groups in total. The molecule has 0 saturated carbocycles. The Balaban J connectivity index is 1.49. The van der Waals surface area contributed by atoms with E-state index in [2.05, 4.69) is 15.2 Å². The van der Waals surface area contributed by atoms with Crippen LogP contribution in [0.2, 0.25) is 0 Å². The first-order valence-electron chi connectivity index (χ1n) is 9.05. The van der Waals surface area contributed by atoms with Gasteiger partial charge in [-0.25, -0.2) is 0 Å². The second-order valence-electron chi connectivity index (χ2n) is 6.82. The van der Waals surface area contributed by atoms with Gasteiger partial charge in [-0.1, -0.05) is 24.3 Å². The maximum absolute atomic E-state index is 12.9. The molecule has 142 valence electrons. The number of carbonyl (C=O) groups is 2. The Morgan fingerprint density at radius 3 is 2.64 bits per heavy atom. The van der Waals surface area contributed by atoms with Gasteiger partial charge in [0.1, 0.15) is 5.69 Å². The van der Waals surface area contributed by atoms with Crippen molar-refractivity contribution in [3.05, 3.63) is 70.3 Å². The minimum atomic E-state index is -0.317. The number of fused-ring (bicyclic) bond motifs is 1. The molecule has 4 rings (SSSR count). The van der Waals surface area contributed by atoms with Gasteiger partial charge in [0, 0.05) is 37.1 Å². The van der Waals surface area contributed by atoms with Crippen molar-refractivity contribution in [3.63, 3.8) is 0 Å². The van der Waals surface area contributed by atoms with Gasteiger partial charge in [-0.05, 0) is 25.1 Å². The first kappa shape index (κ1) is 17.8. The predicted octanol–water partition coefficient (Wildman–Crippen LogP) is 1.30. The van der Waals surface area contributed by atoms with E-state index in [1.807, 2.05) is 31.2 Å². The number of carbonyl (C=O) groups excluding carboxylic acids is 2. The number of benzene rings is 1. The molecule has 3 aromatic rings. The number of aromatic nitrogens is 3. The van der Waals surface area contributed by atoms with E-state index < -0.39 is 0 Å². The highest BCUT2D eigenvalue weighted by atomic mass is 16.2. The summed E-state index contributed by atoms with van der Waals surface area (Å²) in [6, 6.07) is 13.5. The van der Waals surface area contributed by atoms with Gasteiger partial charge in [0.25, 0.3) is 11.8 Å². The molecule has 1 aliphatic rings. The van der Waals surface area contributed by atoms with E-state index in [0.717, 1.165) is 10.9 Å². The number of hydrogen-bond donors (Lipinski definition) is 1. The van der Waals surface area contributed by atoms with Gasteiger partial charge in [-0.2, -0.15) is 0 Å². The number of piperazine rings is 1. The lowest BCUT2D eigenvalue weighted by atomic mass is 10.1. The molecule has 0 aliphatic carbocycles. The molecule has 8 nitrogen and oxygen atoms in total. The van der Waals surface area contributed by atoms with Crippen molar-refractivity contribution in [1.82, 2.24) is 25.0 Å². The molecule has 28 heavy (non-hydrogen) atoms. The number of rotatable bonds is 2. The van der Waals surface area contributed by atoms with Gasteiger partial charge < -0.3 is 14.8 Å². The minimum Gasteiger partial charge on any atom is -0.334 e. The maximum Gasteiger partial charge on any atom is 0.274 e. The Labute approximate surface area is 160 Å². The lowest BCUT2D eigenvalue weighted by molar-refractivity contribution is 0.0407. The molecule has 0 radical (unpaired) electrons. The van der Waals surface area contributed by atoms with E-state index in [9.17, 15) is 14.4 Å². The Morgan fingerprint density at radius 2 is 1.86 bits per heavy atom. The first-order valence-corrected chi connectivity index (χ1v) is 9.05. The summed E-state index contributed by atoms with van der Waals surface area (Å²) in [6.45, 7) is 3.03. The fourth-order valence-electron chi connectivity index (χ4n) is 3.42. The van der Waals surface area contributed by atoms with Crippen molar-refractivity contribution in [2.24, 2.45) is 0 Å². The van der Waals surface area contributed by atoms with Crippen LogP contribution in [-0.4, -0.2) is 62.5 Å². The zero-order chi connectivity index (χ0) is 19.7. The number of hydrogen-bond acceptors (Lipinski definition) is 5. The Kier molecular flexibility index (Phi) is 4.60. The lowest BCUT2D eigenvalue weighted by Gasteiger charge is -2.39. The van der Waals surface area contributed by atoms with Crippen LogP contribution in [-0.2, 0) is 0 Å². The van der Waals surface area contributed by atoms with Crippen LogP contribution in [0.5, 0.6) is 0 Å². The van der Waals surface area contributed by atoms with Crippen molar-refractivity contribution >= 4 is 22.7 Å². The van der Waals surface area contributed by atoms with Gasteiger partial charge in [0.2, 0.25) is 5.56 Å². The third-order valence-corrected chi connectivity index (χ3v) is 4.89. The number of aromatic amines is 1. The summed E-state index contributed by atoms with van der Waals surface area (Å²) in [5.74, 6) is -0.451. The van der Waals surface area contributed by atoms with Crippen molar-refractivity contribution in [2.45, 2.75) is 13.0 Å². The first-order chi connectivity index (χ1) is 13.5. The van der Waals surface area contributed by atoms with Gasteiger partial charge in [0.15, 0.2) is 5.69 Å². The second kappa shape index (κ2) is 7.22. The van der Waals surface area contributed by atoms with E-state index in [1.54, 1.807) is 28.0 Å². The smallest absolute Gasteiger partial charge is 0.274 e. The molecule has 1 aromatic carbocycles. The molecule has 0 bridgehead atoms. The van der Waals surface area contributed by atoms with Crippen LogP contribution in [0, 0.1) is 0 Å². The fourth-order valence-corrected chi connectivity index (χ4v) is 3.42. The van der Waals surface area contributed by atoms with Gasteiger partial charge in [-0.3, -0.25) is 14.4 Å². The number of amides is 2. The standard InChI is InChI=1S/C20H19N5O3/c1-13-12-24(19(27)16-7-4-8-18(26)21-16)9-10-25(13)20(28)17-11-14-5-2-3-6-15(14)22-23-17/h2-8,11,13H,9-10,12H2,1H3,(H,21,26). The highest BCUT2D eigenvalue weighted by Crippen LogP contribution is 2.17. The monoisotopic (exact) mass is 377 g/mol. The van der Waals surface area contributed by atoms with Crippen LogP contribution in [0.3, 0.4) is 0 Å². The van der Waals surface area contributed by atoms with E-state index in [1.165, 1.54) is 6.07 Å². The third-order valence-electron chi connectivity index (χ3n) is 4.89. The highest BCUT2D eigenvalue weighted by Gasteiger charge is 2.31. The molecule has 3 heterocycles. The molecule has 8 heteroatoms. The average molecular weight is 377 g/mol. The van der Waals surface area contributed by atoms with Crippen LogP contribution in [0.1, 0.15) is 27.9 Å². The molecular weight excluding hydrogens is 358 g/mol. The average Bonchev–Trinajstić information content (AvgIpc) is 2.72. The van der Waals surface area contributed by atoms with Crippen LogP contribution < -0.4 is 5.56 Å². The number of pyridine rings is 1. The summed E-state index contributed by atoms with van der Waals surface area (Å²) in [5, 5.41) is 9.04. The van der Waals surface area contributed by atoms with Gasteiger partial charge in [0.05, 0.1) is 5.52 Å². The van der Waals surface area contributed by atoms with Crippen LogP contribution in [0.15, 0.2) is 53.3 Å². The van der Waals surface area contributed by atoms with Gasteiger partial charge >= 0.3 is 0 Å². The highest BCUT2D eigenvalue weighted by molar-refractivity contribution is 5.96. The normalized spacial score (nSPS) is 17.0. The van der Waals surface area contributed by atoms with E-state index in [0.29, 0.717) is 19.6 Å². The topological polar surface area (TPSA) is 99.3 Å². The molecule has 0 spiro atoms. The Hall–Kier alpha value is -3.55. The molecule has 2 aromatic heterocycles. The van der Waals surface area contributed by atoms with Crippen molar-refractivity contribution in [1.29, 1.82) is 0 Å². The SMILES string of the molecule is CC1CN(C(=O)c2cccc(=O)[nH]2)CCN1C(=O)c1cc2ccccc2nn1. The van der Waals surface area contributed by atoms with E-state index in [-0.39, 0.29) is 34.8 Å². The molecular formula is C20H19N5O3. The van der Waals surface area contributed by atoms with Crippen molar-refractivity contribution in [3.8, 4) is 0 Å².